The van der Waals surface area contributed by atoms with E-state index in [1.54, 1.807) is 12.1 Å². The van der Waals surface area contributed by atoms with E-state index in [1.807, 2.05) is 37.3 Å². The third-order valence-corrected chi connectivity index (χ3v) is 4.37. The summed E-state index contributed by atoms with van der Waals surface area (Å²) < 4.78 is 38.7. The maximum absolute atomic E-state index is 12.9. The number of benzene rings is 2. The maximum atomic E-state index is 12.9. The quantitative estimate of drug-likeness (QED) is 0.597. The zero-order chi connectivity index (χ0) is 20.3. The minimum Gasteiger partial charge on any atom is -0.345 e. The molecule has 0 radical (unpaired) electrons. The van der Waals surface area contributed by atoms with E-state index in [2.05, 4.69) is 15.3 Å². The Morgan fingerprint density at radius 1 is 1.18 bits per heavy atom. The van der Waals surface area contributed by atoms with Crippen molar-refractivity contribution in [1.29, 1.82) is 0 Å². The normalized spacial score (nSPS) is 14.0. The van der Waals surface area contributed by atoms with Gasteiger partial charge in [0.1, 0.15) is 0 Å². The van der Waals surface area contributed by atoms with Crippen molar-refractivity contribution in [3.8, 4) is 0 Å². The van der Waals surface area contributed by atoms with Crippen LogP contribution in [-0.4, -0.2) is 21.9 Å². The number of H-pyrrole nitrogens is 1. The summed E-state index contributed by atoms with van der Waals surface area (Å²) in [5.74, 6) is -1.22. The lowest BCUT2D eigenvalue weighted by Crippen LogP contribution is -2.30. The van der Waals surface area contributed by atoms with E-state index in [0.29, 0.717) is 12.0 Å². The van der Waals surface area contributed by atoms with E-state index in [4.69, 9.17) is 5.73 Å². The average Bonchev–Trinajstić information content (AvgIpc) is 3.09. The molecule has 0 fully saturated rings. The Labute approximate surface area is 160 Å². The smallest absolute Gasteiger partial charge is 0.345 e. The predicted molar refractivity (Wildman–Crippen MR) is 100 cm³/mol. The van der Waals surface area contributed by atoms with Gasteiger partial charge in [-0.15, -0.1) is 0 Å². The number of hydrogen-bond acceptors (Lipinski definition) is 3. The fraction of sp³-hybridized carbons (Fsp3) is 0.300. The van der Waals surface area contributed by atoms with Gasteiger partial charge in [-0.25, -0.2) is 4.98 Å². The van der Waals surface area contributed by atoms with Crippen LogP contribution < -0.4 is 11.1 Å². The SMILES string of the molecule is CC(N)CCC(=O)NC(c1ccccc1)c1ccc2nc(C(F)(F)F)[nH]c2c1. The fourth-order valence-electron chi connectivity index (χ4n) is 2.94. The molecule has 1 heterocycles. The Kier molecular flexibility index (Phi) is 5.69. The molecule has 0 spiro atoms. The minimum absolute atomic E-state index is 0.0944. The standard InChI is InChI=1S/C20H21F3N4O/c1-12(24)7-10-17(28)27-18(13-5-3-2-4-6-13)14-8-9-15-16(11-14)26-19(25-15)20(21,22)23/h2-6,8-9,11-12,18H,7,10,24H2,1H3,(H,25,26)(H,27,28). The van der Waals surface area contributed by atoms with Gasteiger partial charge in [-0.3, -0.25) is 4.79 Å². The molecule has 0 aliphatic heterocycles. The van der Waals surface area contributed by atoms with Crippen molar-refractivity contribution < 1.29 is 18.0 Å². The molecule has 0 aliphatic carbocycles. The van der Waals surface area contributed by atoms with Crippen LogP contribution in [0.5, 0.6) is 0 Å². The first kappa shape index (κ1) is 19.9. The number of nitrogens with one attached hydrogen (secondary N) is 2. The van der Waals surface area contributed by atoms with Crippen molar-refractivity contribution in [3.63, 3.8) is 0 Å². The van der Waals surface area contributed by atoms with Gasteiger partial charge in [0.15, 0.2) is 0 Å². The molecule has 4 N–H and O–H groups in total. The average molecular weight is 390 g/mol. The van der Waals surface area contributed by atoms with Crippen LogP contribution in [-0.2, 0) is 11.0 Å². The van der Waals surface area contributed by atoms with Crippen molar-refractivity contribution in [2.75, 3.05) is 0 Å². The van der Waals surface area contributed by atoms with Crippen molar-refractivity contribution in [3.05, 3.63) is 65.5 Å². The van der Waals surface area contributed by atoms with Crippen molar-refractivity contribution in [2.45, 2.75) is 38.0 Å². The first-order valence-electron chi connectivity index (χ1n) is 8.91. The summed E-state index contributed by atoms with van der Waals surface area (Å²) in [6, 6.07) is 13.4. The highest BCUT2D eigenvalue weighted by Gasteiger charge is 2.34. The van der Waals surface area contributed by atoms with Gasteiger partial charge >= 0.3 is 6.18 Å². The highest BCUT2D eigenvalue weighted by Crippen LogP contribution is 2.30. The number of imidazole rings is 1. The molecule has 8 heteroatoms. The van der Waals surface area contributed by atoms with Crippen LogP contribution >= 0.6 is 0 Å². The molecule has 3 rings (SSSR count). The molecule has 0 bridgehead atoms. The van der Waals surface area contributed by atoms with E-state index < -0.39 is 18.0 Å². The van der Waals surface area contributed by atoms with E-state index in [-0.39, 0.29) is 29.4 Å². The predicted octanol–water partition coefficient (Wildman–Crippen LogP) is 3.91. The Morgan fingerprint density at radius 3 is 2.54 bits per heavy atom. The van der Waals surface area contributed by atoms with Crippen LogP contribution in [0.1, 0.15) is 42.8 Å². The second kappa shape index (κ2) is 8.02. The minimum atomic E-state index is -4.55. The summed E-state index contributed by atoms with van der Waals surface area (Å²) in [4.78, 5) is 18.3. The summed E-state index contributed by atoms with van der Waals surface area (Å²) in [7, 11) is 0. The zero-order valence-corrected chi connectivity index (χ0v) is 15.3. The van der Waals surface area contributed by atoms with Crippen LogP contribution in [0.3, 0.4) is 0 Å². The van der Waals surface area contributed by atoms with Crippen molar-refractivity contribution >= 4 is 16.9 Å². The van der Waals surface area contributed by atoms with Gasteiger partial charge in [-0.1, -0.05) is 36.4 Å². The van der Waals surface area contributed by atoms with Gasteiger partial charge in [0.05, 0.1) is 17.1 Å². The molecule has 0 saturated heterocycles. The van der Waals surface area contributed by atoms with E-state index in [9.17, 15) is 18.0 Å². The second-order valence-electron chi connectivity index (χ2n) is 6.79. The summed E-state index contributed by atoms with van der Waals surface area (Å²) >= 11 is 0. The zero-order valence-electron chi connectivity index (χ0n) is 15.3. The largest absolute Gasteiger partial charge is 0.449 e. The summed E-state index contributed by atoms with van der Waals surface area (Å²) in [6.07, 6.45) is -3.74. The van der Waals surface area contributed by atoms with Gasteiger partial charge in [-0.05, 0) is 36.6 Å². The molecule has 28 heavy (non-hydrogen) atoms. The molecule has 0 aliphatic rings. The van der Waals surface area contributed by atoms with E-state index >= 15 is 0 Å². The van der Waals surface area contributed by atoms with Gasteiger partial charge in [0, 0.05) is 12.5 Å². The number of amides is 1. The second-order valence-corrected chi connectivity index (χ2v) is 6.79. The molecule has 0 saturated carbocycles. The van der Waals surface area contributed by atoms with Gasteiger partial charge in [0.2, 0.25) is 11.7 Å². The molecular formula is C20H21F3N4O. The molecular weight excluding hydrogens is 369 g/mol. The lowest BCUT2D eigenvalue weighted by atomic mass is 9.98. The third kappa shape index (κ3) is 4.69. The number of hydrogen-bond donors (Lipinski definition) is 3. The highest BCUT2D eigenvalue weighted by molar-refractivity contribution is 5.79. The molecule has 2 unspecified atom stereocenters. The molecule has 5 nitrogen and oxygen atoms in total. The Bertz CT molecular complexity index is 951. The number of nitrogens with two attached hydrogens (primary N) is 1. The van der Waals surface area contributed by atoms with Crippen LogP contribution in [0.2, 0.25) is 0 Å². The summed E-state index contributed by atoms with van der Waals surface area (Å²) in [6.45, 7) is 1.83. The summed E-state index contributed by atoms with van der Waals surface area (Å²) in [5, 5.41) is 2.96. The van der Waals surface area contributed by atoms with Crippen LogP contribution in [0, 0.1) is 0 Å². The molecule has 1 aromatic heterocycles. The van der Waals surface area contributed by atoms with E-state index in [0.717, 1.165) is 5.56 Å². The summed E-state index contributed by atoms with van der Waals surface area (Å²) in [5.41, 5.74) is 7.67. The highest BCUT2D eigenvalue weighted by atomic mass is 19.4. The van der Waals surface area contributed by atoms with Crippen molar-refractivity contribution in [1.82, 2.24) is 15.3 Å². The molecule has 3 aromatic rings. The third-order valence-electron chi connectivity index (χ3n) is 4.37. The Hall–Kier alpha value is -2.87. The van der Waals surface area contributed by atoms with Crippen LogP contribution in [0.25, 0.3) is 11.0 Å². The van der Waals surface area contributed by atoms with E-state index in [1.165, 1.54) is 6.07 Å². The number of fused-ring (bicyclic) bond motifs is 1. The molecule has 2 aromatic carbocycles. The number of alkyl halides is 3. The molecule has 1 amide bonds. The first-order valence-corrected chi connectivity index (χ1v) is 8.91. The monoisotopic (exact) mass is 390 g/mol. The molecule has 148 valence electrons. The number of nitrogens with zero attached hydrogens (tertiary/aromatic N) is 1. The first-order chi connectivity index (χ1) is 13.2. The Balaban J connectivity index is 1.94. The van der Waals surface area contributed by atoms with Crippen LogP contribution in [0.4, 0.5) is 13.2 Å². The molecule has 2 atom stereocenters. The topological polar surface area (TPSA) is 83.8 Å². The number of halogens is 3. The van der Waals surface area contributed by atoms with Gasteiger partial charge in [-0.2, -0.15) is 13.2 Å². The van der Waals surface area contributed by atoms with Gasteiger partial charge < -0.3 is 16.0 Å². The number of aromatic nitrogens is 2. The van der Waals surface area contributed by atoms with Crippen LogP contribution in [0.15, 0.2) is 48.5 Å². The number of rotatable bonds is 6. The Morgan fingerprint density at radius 2 is 1.89 bits per heavy atom. The lowest BCUT2D eigenvalue weighted by molar-refractivity contribution is -0.144. The maximum Gasteiger partial charge on any atom is 0.449 e. The lowest BCUT2D eigenvalue weighted by Gasteiger charge is -2.20. The van der Waals surface area contributed by atoms with Crippen molar-refractivity contribution in [2.24, 2.45) is 5.73 Å². The van der Waals surface area contributed by atoms with Gasteiger partial charge in [0.25, 0.3) is 0 Å². The fourth-order valence-corrected chi connectivity index (χ4v) is 2.94. The number of carbonyl (C=O) groups is 1. The number of aromatic amines is 1. The number of carbonyl (C=O) groups excluding carboxylic acids is 1.